The Morgan fingerprint density at radius 1 is 1.33 bits per heavy atom. The van der Waals surface area contributed by atoms with Gasteiger partial charge in [0.25, 0.3) is 0 Å². The Hall–Kier alpha value is -1.11. The van der Waals surface area contributed by atoms with E-state index in [9.17, 15) is 13.2 Å². The molecule has 1 fully saturated rings. The number of carbonyl (C=O) groups is 1. The highest BCUT2D eigenvalue weighted by Gasteiger charge is 2.36. The van der Waals surface area contributed by atoms with E-state index in [1.54, 1.807) is 0 Å². The van der Waals surface area contributed by atoms with Crippen molar-refractivity contribution in [2.75, 3.05) is 23.4 Å². The van der Waals surface area contributed by atoms with Crippen molar-refractivity contribution in [3.63, 3.8) is 0 Å². The summed E-state index contributed by atoms with van der Waals surface area (Å²) in [5.41, 5.74) is 1.85. The highest BCUT2D eigenvalue weighted by molar-refractivity contribution is 7.91. The molecule has 1 saturated heterocycles. The van der Waals surface area contributed by atoms with E-state index in [4.69, 9.17) is 11.6 Å². The van der Waals surface area contributed by atoms with E-state index < -0.39 is 15.2 Å². The first kappa shape index (κ1) is 16.3. The fourth-order valence-electron chi connectivity index (χ4n) is 2.36. The average molecular weight is 331 g/mol. The van der Waals surface area contributed by atoms with Crippen molar-refractivity contribution in [1.82, 2.24) is 5.32 Å². The molecule has 21 heavy (non-hydrogen) atoms. The summed E-state index contributed by atoms with van der Waals surface area (Å²) in [4.78, 5) is 11.9. The third-order valence-corrected chi connectivity index (χ3v) is 5.86. The second-order valence-electron chi connectivity index (χ2n) is 5.14. The van der Waals surface area contributed by atoms with Crippen molar-refractivity contribution >= 4 is 33.0 Å². The van der Waals surface area contributed by atoms with Crippen LogP contribution in [0.1, 0.15) is 12.5 Å². The van der Waals surface area contributed by atoms with Gasteiger partial charge >= 0.3 is 0 Å². The summed E-state index contributed by atoms with van der Waals surface area (Å²) in [6.07, 6.45) is 0.828. The average Bonchev–Trinajstić information content (AvgIpc) is 2.69. The van der Waals surface area contributed by atoms with Gasteiger partial charge in [-0.3, -0.25) is 4.79 Å². The number of para-hydroxylation sites is 1. The van der Waals surface area contributed by atoms with Gasteiger partial charge in [0.15, 0.2) is 9.84 Å². The molecule has 2 rings (SSSR count). The highest BCUT2D eigenvalue weighted by Crippen LogP contribution is 2.18. The van der Waals surface area contributed by atoms with Crippen LogP contribution in [0.3, 0.4) is 0 Å². The van der Waals surface area contributed by atoms with Gasteiger partial charge in [-0.05, 0) is 18.1 Å². The zero-order valence-electron chi connectivity index (χ0n) is 11.8. The van der Waals surface area contributed by atoms with Crippen molar-refractivity contribution in [2.45, 2.75) is 24.8 Å². The normalized spacial score (nSPS) is 23.9. The van der Waals surface area contributed by atoms with Crippen LogP contribution in [0.25, 0.3) is 0 Å². The number of alkyl halides is 1. The molecule has 2 atom stereocenters. The Morgan fingerprint density at radius 2 is 2.05 bits per heavy atom. The molecule has 116 valence electrons. The third kappa shape index (κ3) is 4.43. The second kappa shape index (κ2) is 6.77. The standard InChI is InChI=1S/C14H19ClN2O3S/c1-2-10-5-3-4-6-12(10)17-14(18)7-16-13-9-21(19,20)8-11(13)15/h3-6,11,13,16H,2,7-9H2,1H3,(H,17,18). The predicted octanol–water partition coefficient (Wildman–Crippen LogP) is 1.18. The lowest BCUT2D eigenvalue weighted by Gasteiger charge is -2.15. The Labute approximate surface area is 130 Å². The molecule has 0 aromatic heterocycles. The number of rotatable bonds is 5. The van der Waals surface area contributed by atoms with Gasteiger partial charge in [0, 0.05) is 11.7 Å². The van der Waals surface area contributed by atoms with E-state index in [0.717, 1.165) is 17.7 Å². The number of aryl methyl sites for hydroxylation is 1. The van der Waals surface area contributed by atoms with E-state index >= 15 is 0 Å². The van der Waals surface area contributed by atoms with E-state index in [1.807, 2.05) is 31.2 Å². The van der Waals surface area contributed by atoms with Gasteiger partial charge in [-0.15, -0.1) is 11.6 Å². The van der Waals surface area contributed by atoms with Gasteiger partial charge in [-0.25, -0.2) is 8.42 Å². The maximum absolute atomic E-state index is 11.9. The molecule has 2 unspecified atom stereocenters. The molecule has 0 spiro atoms. The number of halogens is 1. The van der Waals surface area contributed by atoms with Crippen molar-refractivity contribution < 1.29 is 13.2 Å². The summed E-state index contributed by atoms with van der Waals surface area (Å²) in [6, 6.07) is 7.22. The number of hydrogen-bond acceptors (Lipinski definition) is 4. The van der Waals surface area contributed by atoms with Crippen LogP contribution in [0.15, 0.2) is 24.3 Å². The number of amides is 1. The Kier molecular flexibility index (Phi) is 5.24. The first-order valence-corrected chi connectivity index (χ1v) is 9.12. The van der Waals surface area contributed by atoms with Crippen LogP contribution in [0, 0.1) is 0 Å². The van der Waals surface area contributed by atoms with E-state index in [1.165, 1.54) is 0 Å². The highest BCUT2D eigenvalue weighted by atomic mass is 35.5. The lowest BCUT2D eigenvalue weighted by Crippen LogP contribution is -2.41. The molecule has 1 aliphatic rings. The van der Waals surface area contributed by atoms with Crippen LogP contribution in [-0.2, 0) is 21.1 Å². The minimum absolute atomic E-state index is 0.0139. The monoisotopic (exact) mass is 330 g/mol. The molecule has 5 nitrogen and oxygen atoms in total. The number of anilines is 1. The lowest BCUT2D eigenvalue weighted by molar-refractivity contribution is -0.115. The quantitative estimate of drug-likeness (QED) is 0.795. The van der Waals surface area contributed by atoms with Crippen LogP contribution >= 0.6 is 11.6 Å². The number of hydrogen-bond donors (Lipinski definition) is 2. The van der Waals surface area contributed by atoms with Crippen LogP contribution < -0.4 is 10.6 Å². The first-order chi connectivity index (χ1) is 9.91. The molecule has 1 aliphatic heterocycles. The molecule has 2 N–H and O–H groups in total. The fourth-order valence-corrected chi connectivity index (χ4v) is 4.97. The van der Waals surface area contributed by atoms with Gasteiger partial charge in [-0.2, -0.15) is 0 Å². The third-order valence-electron chi connectivity index (χ3n) is 3.48. The molecule has 1 aromatic carbocycles. The number of sulfone groups is 1. The van der Waals surface area contributed by atoms with Crippen molar-refractivity contribution in [3.8, 4) is 0 Å². The fraction of sp³-hybridized carbons (Fsp3) is 0.500. The molecule has 0 saturated carbocycles. The minimum Gasteiger partial charge on any atom is -0.325 e. The zero-order valence-corrected chi connectivity index (χ0v) is 13.4. The van der Waals surface area contributed by atoms with Gasteiger partial charge < -0.3 is 10.6 Å². The molecule has 0 bridgehead atoms. The second-order valence-corrected chi connectivity index (χ2v) is 7.85. The first-order valence-electron chi connectivity index (χ1n) is 6.87. The van der Waals surface area contributed by atoms with Crippen LogP contribution in [0.5, 0.6) is 0 Å². The molecular weight excluding hydrogens is 312 g/mol. The van der Waals surface area contributed by atoms with E-state index in [0.29, 0.717) is 0 Å². The predicted molar refractivity (Wildman–Crippen MR) is 84.5 cm³/mol. The maximum Gasteiger partial charge on any atom is 0.238 e. The Bertz CT molecular complexity index is 618. The van der Waals surface area contributed by atoms with Crippen molar-refractivity contribution in [1.29, 1.82) is 0 Å². The summed E-state index contributed by atoms with van der Waals surface area (Å²) < 4.78 is 22.9. The lowest BCUT2D eigenvalue weighted by atomic mass is 10.1. The zero-order chi connectivity index (χ0) is 15.5. The van der Waals surface area contributed by atoms with Crippen LogP contribution in [0.2, 0.25) is 0 Å². The van der Waals surface area contributed by atoms with Gasteiger partial charge in [0.05, 0.1) is 23.4 Å². The van der Waals surface area contributed by atoms with Crippen LogP contribution in [0.4, 0.5) is 5.69 Å². The number of nitrogens with one attached hydrogen (secondary N) is 2. The summed E-state index contributed by atoms with van der Waals surface area (Å²) >= 11 is 5.98. The largest absolute Gasteiger partial charge is 0.325 e. The van der Waals surface area contributed by atoms with Crippen molar-refractivity contribution in [2.24, 2.45) is 0 Å². The topological polar surface area (TPSA) is 75.3 Å². The van der Waals surface area contributed by atoms with E-state index in [2.05, 4.69) is 10.6 Å². The van der Waals surface area contributed by atoms with Gasteiger partial charge in [-0.1, -0.05) is 25.1 Å². The minimum atomic E-state index is -3.09. The van der Waals surface area contributed by atoms with E-state index in [-0.39, 0.29) is 30.0 Å². The summed E-state index contributed by atoms with van der Waals surface area (Å²) in [7, 11) is -3.09. The Morgan fingerprint density at radius 3 is 2.67 bits per heavy atom. The number of carbonyl (C=O) groups excluding carboxylic acids is 1. The summed E-state index contributed by atoms with van der Waals surface area (Å²) in [5, 5.41) is 5.27. The Balaban J connectivity index is 1.88. The van der Waals surface area contributed by atoms with Gasteiger partial charge in [0.1, 0.15) is 0 Å². The maximum atomic E-state index is 11.9. The molecule has 0 aliphatic carbocycles. The molecule has 0 radical (unpaired) electrons. The molecular formula is C14H19ClN2O3S. The molecule has 7 heteroatoms. The molecule has 1 amide bonds. The molecule has 1 aromatic rings. The molecule has 1 heterocycles. The van der Waals surface area contributed by atoms with Crippen molar-refractivity contribution in [3.05, 3.63) is 29.8 Å². The number of benzene rings is 1. The smallest absolute Gasteiger partial charge is 0.238 e. The summed E-state index contributed by atoms with van der Waals surface area (Å²) in [6.45, 7) is 2.06. The summed E-state index contributed by atoms with van der Waals surface area (Å²) in [5.74, 6) is -0.254. The van der Waals surface area contributed by atoms with Crippen LogP contribution in [-0.4, -0.2) is 43.8 Å². The SMILES string of the molecule is CCc1ccccc1NC(=O)CNC1CS(=O)(=O)CC1Cl. The van der Waals surface area contributed by atoms with Gasteiger partial charge in [0.2, 0.25) is 5.91 Å².